The van der Waals surface area contributed by atoms with Crippen molar-refractivity contribution in [2.45, 2.75) is 5.41 Å². The molecule has 0 amide bonds. The lowest BCUT2D eigenvalue weighted by atomic mass is 9.59. The van der Waals surface area contributed by atoms with Gasteiger partial charge in [0, 0.05) is 16.3 Å². The highest BCUT2D eigenvalue weighted by Crippen LogP contribution is 2.65. The minimum atomic E-state index is -0.502. The fourth-order valence-corrected chi connectivity index (χ4v) is 11.2. The van der Waals surface area contributed by atoms with Gasteiger partial charge >= 0.3 is 0 Å². The van der Waals surface area contributed by atoms with Crippen LogP contribution in [0.5, 0.6) is 0 Å². The van der Waals surface area contributed by atoms with E-state index >= 15 is 0 Å². The van der Waals surface area contributed by atoms with Crippen molar-refractivity contribution >= 4 is 110 Å². The van der Waals surface area contributed by atoms with Crippen molar-refractivity contribution in [3.05, 3.63) is 174 Å². The highest BCUT2D eigenvalue weighted by atomic mass is 16.3. The van der Waals surface area contributed by atoms with Gasteiger partial charge in [0.1, 0.15) is 50.4 Å². The molecular weight excluding hydrogens is 683 g/mol. The summed E-state index contributed by atoms with van der Waals surface area (Å²) >= 11 is 0. The third-order valence-electron chi connectivity index (χ3n) is 14.1. The summed E-state index contributed by atoms with van der Waals surface area (Å²) in [6.45, 7) is 0. The molecule has 2 aliphatic carbocycles. The van der Waals surface area contributed by atoms with E-state index in [-0.39, 0.29) is 0 Å². The van der Waals surface area contributed by atoms with Crippen LogP contribution in [0.2, 0.25) is 0 Å². The van der Waals surface area contributed by atoms with Gasteiger partial charge in [-0.1, -0.05) is 150 Å². The third kappa shape index (κ3) is 4.01. The van der Waals surface area contributed by atoms with Crippen molar-refractivity contribution in [3.8, 4) is 44.5 Å². The molecule has 12 rings (SSSR count). The van der Waals surface area contributed by atoms with Crippen molar-refractivity contribution in [1.29, 1.82) is 0 Å². The van der Waals surface area contributed by atoms with Crippen LogP contribution in [-0.2, 0) is 5.41 Å². The molecule has 260 valence electrons. The normalized spacial score (nSPS) is 13.4. The first-order chi connectivity index (χ1) is 27.9. The maximum absolute atomic E-state index is 7.18. The minimum Gasteiger partial charge on any atom is -0.455 e. The van der Waals surface area contributed by atoms with Gasteiger partial charge in [-0.15, -0.1) is 16.4 Å². The van der Waals surface area contributed by atoms with E-state index < -0.39 is 5.41 Å². The van der Waals surface area contributed by atoms with Crippen molar-refractivity contribution < 1.29 is 4.42 Å². The Kier molecular flexibility index (Phi) is 6.67. The Morgan fingerprint density at radius 3 is 1.32 bits per heavy atom. The number of hydrogen-bond donors (Lipinski definition) is 0. The first kappa shape index (κ1) is 32.8. The molecule has 57 heavy (non-hydrogen) atoms. The molecule has 6 heteroatoms. The SMILES string of the molecule is Bc1c(B)c(B)c(-c2c3ccccc3c(-c3cc4c(c5oc6ccccc6c35)-c3ccccc3C43c4ccccc4-c4ccccc43)c3ccccc23)c(B)c1B. The van der Waals surface area contributed by atoms with Gasteiger partial charge in [-0.3, -0.25) is 0 Å². The molecule has 1 aromatic heterocycles. The summed E-state index contributed by atoms with van der Waals surface area (Å²) in [5, 5.41) is 7.37. The van der Waals surface area contributed by atoms with Crippen LogP contribution in [0.25, 0.3) is 88.0 Å². The summed E-state index contributed by atoms with van der Waals surface area (Å²) < 4.78 is 7.18. The Morgan fingerprint density at radius 1 is 0.333 bits per heavy atom. The predicted octanol–water partition coefficient (Wildman–Crippen LogP) is 4.86. The van der Waals surface area contributed by atoms with E-state index in [1.807, 2.05) is 0 Å². The standard InChI is InChI=1S/C51H35B5O/c52-45-44(46(53)48(55)49(56)47(45)54)41-30-17-3-1-15-28(30)40(29-16-2-4-18-31(29)41)34-25-38-43(50-42(34)33-20-8-12-24-39(33)57-50)32-19-7-11-23-37(32)51(38)35-21-9-5-13-26(35)27-14-6-10-22-36(27)51/h1-25H,52-56H2. The second-order valence-electron chi connectivity index (χ2n) is 16.4. The molecule has 2 aliphatic rings. The number of para-hydroxylation sites is 1. The topological polar surface area (TPSA) is 13.1 Å². The quantitative estimate of drug-likeness (QED) is 0.184. The average molecular weight is 718 g/mol. The van der Waals surface area contributed by atoms with Crippen molar-refractivity contribution in [1.82, 2.24) is 0 Å². The number of benzene rings is 9. The second kappa shape index (κ2) is 11.6. The zero-order chi connectivity index (χ0) is 38.3. The van der Waals surface area contributed by atoms with Crippen LogP contribution in [0.15, 0.2) is 156 Å². The zero-order valence-corrected chi connectivity index (χ0v) is 32.8. The third-order valence-corrected chi connectivity index (χ3v) is 14.1. The van der Waals surface area contributed by atoms with E-state index in [4.69, 9.17) is 4.42 Å². The molecule has 0 atom stereocenters. The van der Waals surface area contributed by atoms with Gasteiger partial charge in [-0.05, 0) is 94.9 Å². The zero-order valence-electron chi connectivity index (χ0n) is 32.8. The highest BCUT2D eigenvalue weighted by Gasteiger charge is 2.52. The van der Waals surface area contributed by atoms with Crippen LogP contribution in [0.1, 0.15) is 22.3 Å². The van der Waals surface area contributed by atoms with E-state index in [2.05, 4.69) is 191 Å². The van der Waals surface area contributed by atoms with Crippen LogP contribution in [0, 0.1) is 0 Å². The maximum atomic E-state index is 7.18. The maximum Gasteiger partial charge on any atom is 0.144 e. The van der Waals surface area contributed by atoms with Gasteiger partial charge in [0.2, 0.25) is 0 Å². The predicted molar refractivity (Wildman–Crippen MR) is 257 cm³/mol. The largest absolute Gasteiger partial charge is 0.455 e. The molecule has 0 radical (unpaired) electrons. The first-order valence-electron chi connectivity index (χ1n) is 20.2. The Balaban J connectivity index is 1.31. The lowest BCUT2D eigenvalue weighted by Gasteiger charge is -2.31. The van der Waals surface area contributed by atoms with Crippen LogP contribution in [0.3, 0.4) is 0 Å². The molecule has 1 spiro atoms. The lowest BCUT2D eigenvalue weighted by Crippen LogP contribution is -2.55. The summed E-state index contributed by atoms with van der Waals surface area (Å²) in [6.07, 6.45) is 0. The fourth-order valence-electron chi connectivity index (χ4n) is 11.2. The molecule has 0 aliphatic heterocycles. The van der Waals surface area contributed by atoms with Crippen LogP contribution in [-0.4, -0.2) is 39.2 Å². The fraction of sp³-hybridized carbons (Fsp3) is 0.0196. The van der Waals surface area contributed by atoms with Crippen molar-refractivity contribution in [2.75, 3.05) is 0 Å². The summed E-state index contributed by atoms with van der Waals surface area (Å²) in [5.41, 5.74) is 23.7. The molecule has 0 unspecified atom stereocenters. The van der Waals surface area contributed by atoms with Gasteiger partial charge in [0.05, 0.1) is 5.41 Å². The number of furan rings is 1. The smallest absolute Gasteiger partial charge is 0.144 e. The molecule has 0 saturated carbocycles. The van der Waals surface area contributed by atoms with Crippen molar-refractivity contribution in [2.24, 2.45) is 0 Å². The number of hydrogen-bond acceptors (Lipinski definition) is 1. The van der Waals surface area contributed by atoms with Crippen LogP contribution >= 0.6 is 0 Å². The van der Waals surface area contributed by atoms with Gasteiger partial charge in [0.15, 0.2) is 0 Å². The van der Waals surface area contributed by atoms with Gasteiger partial charge in [0.25, 0.3) is 0 Å². The molecular formula is C51H35B5O. The van der Waals surface area contributed by atoms with Crippen molar-refractivity contribution in [3.63, 3.8) is 0 Å². The number of rotatable bonds is 2. The highest BCUT2D eigenvalue weighted by molar-refractivity contribution is 6.69. The molecule has 0 bridgehead atoms. The van der Waals surface area contributed by atoms with Gasteiger partial charge < -0.3 is 4.42 Å². The molecule has 0 fully saturated rings. The van der Waals surface area contributed by atoms with Crippen LogP contribution < -0.4 is 27.3 Å². The molecule has 0 saturated heterocycles. The Labute approximate surface area is 336 Å². The number of fused-ring (bicyclic) bond motifs is 16. The molecule has 1 nitrogen and oxygen atoms in total. The second-order valence-corrected chi connectivity index (χ2v) is 16.4. The van der Waals surface area contributed by atoms with E-state index in [0.717, 1.165) is 16.6 Å². The summed E-state index contributed by atoms with van der Waals surface area (Å²) in [4.78, 5) is 0. The van der Waals surface area contributed by atoms with Gasteiger partial charge in [-0.25, -0.2) is 0 Å². The Morgan fingerprint density at radius 2 is 0.754 bits per heavy atom. The summed E-state index contributed by atoms with van der Waals surface area (Å²) in [5.74, 6) is 0. The Bertz CT molecular complexity index is 3300. The summed E-state index contributed by atoms with van der Waals surface area (Å²) in [6, 6.07) is 56.7. The molecule has 10 aromatic rings. The van der Waals surface area contributed by atoms with E-state index in [0.29, 0.717) is 0 Å². The molecule has 1 heterocycles. The monoisotopic (exact) mass is 718 g/mol. The van der Waals surface area contributed by atoms with Crippen LogP contribution in [0.4, 0.5) is 0 Å². The average Bonchev–Trinajstić information content (AvgIpc) is 3.89. The van der Waals surface area contributed by atoms with E-state index in [9.17, 15) is 0 Å². The molecule has 9 aromatic carbocycles. The van der Waals surface area contributed by atoms with Gasteiger partial charge in [-0.2, -0.15) is 0 Å². The van der Waals surface area contributed by atoms with E-state index in [1.54, 1.807) is 0 Å². The summed E-state index contributed by atoms with van der Waals surface area (Å²) in [7, 11) is 11.5. The van der Waals surface area contributed by atoms with E-state index in [1.165, 1.54) is 121 Å². The Hall–Kier alpha value is -6.38. The minimum absolute atomic E-state index is 0.502. The molecule has 0 N–H and O–H groups in total. The first-order valence-corrected chi connectivity index (χ1v) is 20.2. The lowest BCUT2D eigenvalue weighted by molar-refractivity contribution is 0.669.